The first-order valence-electron chi connectivity index (χ1n) is 7.10. The Morgan fingerprint density at radius 2 is 2.24 bits per heavy atom. The van der Waals surface area contributed by atoms with E-state index in [0.29, 0.717) is 19.2 Å². The average molecular weight is 322 g/mol. The van der Waals surface area contributed by atoms with Crippen molar-refractivity contribution in [1.82, 2.24) is 4.90 Å². The number of nitrogens with zero attached hydrogens (tertiary/aromatic N) is 2. The van der Waals surface area contributed by atoms with Gasteiger partial charge in [-0.15, -0.1) is 4.76 Å². The third-order valence-electron chi connectivity index (χ3n) is 4.37. The molecule has 0 bridgehead atoms. The second kappa shape index (κ2) is 4.99. The molecule has 0 aliphatic carbocycles. The highest BCUT2D eigenvalue weighted by Gasteiger charge is 2.67. The van der Waals surface area contributed by atoms with E-state index in [9.17, 15) is 4.79 Å². The largest absolute Gasteiger partial charge is 0.527 e. The van der Waals surface area contributed by atoms with Crippen LogP contribution in [0.2, 0.25) is 0 Å². The zero-order valence-electron chi connectivity index (χ0n) is 12.5. The first-order chi connectivity index (χ1) is 9.94. The predicted octanol–water partition coefficient (Wildman–Crippen LogP) is 3.18. The van der Waals surface area contributed by atoms with Gasteiger partial charge in [-0.2, -0.15) is 0 Å². The van der Waals surface area contributed by atoms with Crippen molar-refractivity contribution < 1.29 is 9.53 Å². The third kappa shape index (κ3) is 1.94. The lowest BCUT2D eigenvalue weighted by Crippen LogP contribution is -2.54. The van der Waals surface area contributed by atoms with E-state index >= 15 is 0 Å². The van der Waals surface area contributed by atoms with Gasteiger partial charge in [-0.3, -0.25) is 4.90 Å². The summed E-state index contributed by atoms with van der Waals surface area (Å²) < 4.78 is 10.2. The molecule has 0 spiro atoms. The fourth-order valence-corrected chi connectivity index (χ4v) is 7.91. The van der Waals surface area contributed by atoms with Crippen molar-refractivity contribution in [3.8, 4) is 0 Å². The average Bonchev–Trinajstić information content (AvgIpc) is 2.69. The summed E-state index contributed by atoms with van der Waals surface area (Å²) in [6, 6.07) is 0. The van der Waals surface area contributed by atoms with Crippen LogP contribution in [0.15, 0.2) is 40.3 Å². The maximum absolute atomic E-state index is 12.9. The lowest BCUT2D eigenvalue weighted by molar-refractivity contribution is -0.149. The standard InChI is InChI=1S/C15H19N2O2PS/c1-4-19-14(18)15-9-11(2)12(3)10-20(15,21)16-13-7-5-6-8-17(13)15/h5-8H,4,9-10H2,1-3H3/t15-,20?/m1/s1. The van der Waals surface area contributed by atoms with Gasteiger partial charge in [-0.25, -0.2) is 4.79 Å². The Morgan fingerprint density at radius 3 is 2.95 bits per heavy atom. The van der Waals surface area contributed by atoms with Crippen LogP contribution in [0, 0.1) is 0 Å². The van der Waals surface area contributed by atoms with Crippen molar-refractivity contribution in [2.24, 2.45) is 4.76 Å². The molecule has 0 amide bonds. The molecule has 0 aromatic carbocycles. The van der Waals surface area contributed by atoms with Gasteiger partial charge in [0, 0.05) is 12.6 Å². The van der Waals surface area contributed by atoms with E-state index in [1.54, 1.807) is 0 Å². The number of hydrogen-bond acceptors (Lipinski definition) is 5. The first-order valence-corrected chi connectivity index (χ1v) is 10.0. The number of carbonyl (C=O) groups is 1. The fraction of sp³-hybridized carbons (Fsp3) is 0.467. The smallest absolute Gasteiger partial charge is 0.372 e. The van der Waals surface area contributed by atoms with Crippen molar-refractivity contribution in [2.45, 2.75) is 32.5 Å². The van der Waals surface area contributed by atoms with Gasteiger partial charge in [-0.05, 0) is 38.5 Å². The van der Waals surface area contributed by atoms with Crippen LogP contribution in [0.1, 0.15) is 27.2 Å². The molecular weight excluding hydrogens is 303 g/mol. The molecule has 0 saturated carbocycles. The molecule has 0 fully saturated rings. The second-order valence-electron chi connectivity index (χ2n) is 5.66. The van der Waals surface area contributed by atoms with Crippen LogP contribution in [0.3, 0.4) is 0 Å². The summed E-state index contributed by atoms with van der Waals surface area (Å²) in [5.41, 5.74) is 2.50. The van der Waals surface area contributed by atoms with Crippen molar-refractivity contribution >= 4 is 30.7 Å². The SMILES string of the molecule is CCOC(=O)[C@@]12CC(C)=C(C)C[P+]1([S-])N=C1C=CC=CN12. The lowest BCUT2D eigenvalue weighted by Gasteiger charge is -2.46. The van der Waals surface area contributed by atoms with Gasteiger partial charge in [0.25, 0.3) is 5.28 Å². The number of hydrogen-bond donors (Lipinski definition) is 0. The highest BCUT2D eigenvalue weighted by Crippen LogP contribution is 2.77. The maximum Gasteiger partial charge on any atom is 0.372 e. The number of esters is 1. The zero-order valence-corrected chi connectivity index (χ0v) is 14.2. The number of carbonyl (C=O) groups excluding carboxylic acids is 1. The van der Waals surface area contributed by atoms with Gasteiger partial charge in [-0.1, -0.05) is 11.6 Å². The molecule has 0 N–H and O–H groups in total. The van der Waals surface area contributed by atoms with Crippen LogP contribution in [-0.2, 0) is 21.8 Å². The van der Waals surface area contributed by atoms with Crippen molar-refractivity contribution in [1.29, 1.82) is 0 Å². The fourth-order valence-electron chi connectivity index (χ4n) is 3.16. The van der Waals surface area contributed by atoms with Crippen LogP contribution >= 0.6 is 6.62 Å². The molecule has 4 nitrogen and oxygen atoms in total. The summed E-state index contributed by atoms with van der Waals surface area (Å²) in [6.45, 7) is 4.09. The van der Waals surface area contributed by atoms with E-state index in [2.05, 4.69) is 13.8 Å². The normalized spacial score (nSPS) is 33.7. The van der Waals surface area contributed by atoms with E-state index in [1.165, 1.54) is 11.1 Å². The Labute approximate surface area is 131 Å². The van der Waals surface area contributed by atoms with Crippen LogP contribution in [0.4, 0.5) is 0 Å². The summed E-state index contributed by atoms with van der Waals surface area (Å²) in [5.74, 6) is 0.579. The van der Waals surface area contributed by atoms with Crippen molar-refractivity contribution in [3.63, 3.8) is 0 Å². The first kappa shape index (κ1) is 14.9. The summed E-state index contributed by atoms with van der Waals surface area (Å²) in [5, 5.41) is -0.821. The topological polar surface area (TPSA) is 41.9 Å². The van der Waals surface area contributed by atoms with Gasteiger partial charge in [0.05, 0.1) is 19.4 Å². The molecule has 3 aliphatic heterocycles. The zero-order chi connectivity index (χ0) is 15.3. The highest BCUT2D eigenvalue weighted by molar-refractivity contribution is 8.42. The Bertz CT molecular complexity index is 625. The second-order valence-corrected chi connectivity index (χ2v) is 10.1. The molecule has 0 saturated heterocycles. The van der Waals surface area contributed by atoms with Crippen LogP contribution in [0.25, 0.3) is 0 Å². The van der Waals surface area contributed by atoms with E-state index < -0.39 is 11.9 Å². The number of fused-ring (bicyclic) bond motifs is 3. The van der Waals surface area contributed by atoms with Crippen LogP contribution < -0.4 is 0 Å². The molecule has 21 heavy (non-hydrogen) atoms. The number of amidine groups is 1. The molecular formula is C15H19N2O2PS. The number of allylic oxidation sites excluding steroid dienone is 3. The predicted molar refractivity (Wildman–Crippen MR) is 89.1 cm³/mol. The molecule has 0 aromatic heterocycles. The minimum atomic E-state index is -2.28. The molecule has 3 heterocycles. The van der Waals surface area contributed by atoms with Gasteiger partial charge >= 0.3 is 5.97 Å². The van der Waals surface area contributed by atoms with E-state index in [4.69, 9.17) is 21.7 Å². The van der Waals surface area contributed by atoms with E-state index in [1.807, 2.05) is 36.3 Å². The Kier molecular flexibility index (Phi) is 3.53. The highest BCUT2D eigenvalue weighted by atomic mass is 32.7. The summed E-state index contributed by atoms with van der Waals surface area (Å²) in [7, 11) is 0. The van der Waals surface area contributed by atoms with Crippen LogP contribution in [0.5, 0.6) is 0 Å². The third-order valence-corrected chi connectivity index (χ3v) is 9.05. The molecule has 0 radical (unpaired) electrons. The number of rotatable bonds is 2. The summed E-state index contributed by atoms with van der Waals surface area (Å²) in [6.07, 6.45) is 9.03. The minimum Gasteiger partial charge on any atom is -0.527 e. The molecule has 2 atom stereocenters. The monoisotopic (exact) mass is 322 g/mol. The Balaban J connectivity index is 2.16. The maximum atomic E-state index is 12.9. The summed E-state index contributed by atoms with van der Waals surface area (Å²) >= 11 is 5.97. The quantitative estimate of drug-likeness (QED) is 0.339. The molecule has 1 unspecified atom stereocenters. The minimum absolute atomic E-state index is 0.223. The molecule has 6 heteroatoms. The molecule has 112 valence electrons. The van der Waals surface area contributed by atoms with Gasteiger partial charge in [0.1, 0.15) is 0 Å². The summed E-state index contributed by atoms with van der Waals surface area (Å²) in [4.78, 5) is 14.8. The molecule has 0 aromatic rings. The van der Waals surface area contributed by atoms with Gasteiger partial charge < -0.3 is 17.0 Å². The lowest BCUT2D eigenvalue weighted by atomic mass is 10.00. The Morgan fingerprint density at radius 1 is 1.48 bits per heavy atom. The van der Waals surface area contributed by atoms with E-state index in [0.717, 1.165) is 5.84 Å². The van der Waals surface area contributed by atoms with Crippen molar-refractivity contribution in [3.05, 3.63) is 35.6 Å². The number of ether oxygens (including phenoxy) is 1. The van der Waals surface area contributed by atoms with Crippen molar-refractivity contribution in [2.75, 3.05) is 12.8 Å². The molecule has 3 aliphatic rings. The van der Waals surface area contributed by atoms with Gasteiger partial charge in [0.15, 0.2) is 5.84 Å². The van der Waals surface area contributed by atoms with E-state index in [-0.39, 0.29) is 5.97 Å². The molecule has 3 rings (SSSR count). The van der Waals surface area contributed by atoms with Crippen LogP contribution in [-0.4, -0.2) is 34.8 Å². The van der Waals surface area contributed by atoms with Gasteiger partial charge in [0.2, 0.25) is 0 Å². The Hall–Kier alpha value is -1.06.